The van der Waals surface area contributed by atoms with Gasteiger partial charge in [-0.25, -0.2) is 0 Å². The first kappa shape index (κ1) is 13.4. The zero-order valence-corrected chi connectivity index (χ0v) is 12.7. The number of hydrogen-bond acceptors (Lipinski definition) is 2. The van der Waals surface area contributed by atoms with Crippen molar-refractivity contribution in [1.29, 1.82) is 0 Å². The Morgan fingerprint density at radius 3 is 3.00 bits per heavy atom. The lowest BCUT2D eigenvalue weighted by atomic mass is 9.79. The lowest BCUT2D eigenvalue weighted by Crippen LogP contribution is -2.32. The lowest BCUT2D eigenvalue weighted by Gasteiger charge is -2.35. The van der Waals surface area contributed by atoms with E-state index in [0.717, 1.165) is 35.9 Å². The van der Waals surface area contributed by atoms with Crippen molar-refractivity contribution in [3.8, 4) is 5.75 Å². The van der Waals surface area contributed by atoms with Crippen molar-refractivity contribution in [1.82, 2.24) is 4.98 Å². The summed E-state index contributed by atoms with van der Waals surface area (Å²) in [4.78, 5) is 15.3. The topological polar surface area (TPSA) is 42.1 Å². The van der Waals surface area contributed by atoms with Crippen molar-refractivity contribution in [2.24, 2.45) is 5.92 Å². The maximum absolute atomic E-state index is 12.3. The monoisotopic (exact) mass is 293 g/mol. The Bertz CT molecular complexity index is 859. The Kier molecular flexibility index (Phi) is 2.96. The van der Waals surface area contributed by atoms with Gasteiger partial charge in [0.15, 0.2) is 0 Å². The van der Waals surface area contributed by atoms with E-state index in [2.05, 4.69) is 18.5 Å². The summed E-state index contributed by atoms with van der Waals surface area (Å²) >= 11 is 0. The number of aromatic nitrogens is 1. The fourth-order valence-corrected chi connectivity index (χ4v) is 3.58. The third-order valence-corrected chi connectivity index (χ3v) is 4.89. The van der Waals surface area contributed by atoms with Crippen LogP contribution < -0.4 is 10.3 Å². The Morgan fingerprint density at radius 2 is 2.18 bits per heavy atom. The molecule has 3 heteroatoms. The van der Waals surface area contributed by atoms with Crippen LogP contribution in [0.4, 0.5) is 0 Å². The first-order valence-corrected chi connectivity index (χ1v) is 7.81. The number of aromatic amines is 1. The van der Waals surface area contributed by atoms with Gasteiger partial charge in [0, 0.05) is 5.39 Å². The molecule has 0 saturated heterocycles. The summed E-state index contributed by atoms with van der Waals surface area (Å²) in [6.07, 6.45) is 5.16. The minimum atomic E-state index is -0.0679. The average Bonchev–Trinajstić information content (AvgIpc) is 2.53. The number of ether oxygens (including phenoxy) is 1. The standard InChI is InChI=1S/C19H19NO2/c1-11(2)12-7-8-13-9-15-18(22-17(13)10-12)14-5-3-4-6-16(14)20-19(15)21/h3-6,9,12,17H,1,7-8,10H2,2H3,(H,20,21)/t12-,17?/m0/s1. The Balaban J connectivity index is 1.85. The second kappa shape index (κ2) is 4.87. The highest BCUT2D eigenvalue weighted by Crippen LogP contribution is 2.41. The smallest absolute Gasteiger partial charge is 0.259 e. The maximum Gasteiger partial charge on any atom is 0.259 e. The van der Waals surface area contributed by atoms with Crippen LogP contribution >= 0.6 is 0 Å². The Hall–Kier alpha value is -2.29. The zero-order chi connectivity index (χ0) is 15.3. The van der Waals surface area contributed by atoms with E-state index < -0.39 is 0 Å². The number of para-hydroxylation sites is 1. The minimum Gasteiger partial charge on any atom is -0.484 e. The summed E-state index contributed by atoms with van der Waals surface area (Å²) in [5.74, 6) is 1.24. The molecule has 2 aliphatic rings. The summed E-state index contributed by atoms with van der Waals surface area (Å²) in [6.45, 7) is 6.19. The van der Waals surface area contributed by atoms with Crippen molar-refractivity contribution in [3.63, 3.8) is 0 Å². The van der Waals surface area contributed by atoms with E-state index in [0.29, 0.717) is 11.5 Å². The normalized spacial score (nSPS) is 23.2. The third-order valence-electron chi connectivity index (χ3n) is 4.89. The first-order chi connectivity index (χ1) is 10.6. The van der Waals surface area contributed by atoms with E-state index in [1.165, 1.54) is 11.1 Å². The molecule has 0 bridgehead atoms. The van der Waals surface area contributed by atoms with Gasteiger partial charge >= 0.3 is 0 Å². The molecule has 1 aliphatic carbocycles. The molecule has 22 heavy (non-hydrogen) atoms. The molecule has 112 valence electrons. The fourth-order valence-electron chi connectivity index (χ4n) is 3.58. The molecule has 3 nitrogen and oxygen atoms in total. The molecular formula is C19H19NO2. The van der Waals surface area contributed by atoms with Crippen molar-refractivity contribution in [3.05, 3.63) is 57.9 Å². The van der Waals surface area contributed by atoms with Gasteiger partial charge in [-0.1, -0.05) is 24.3 Å². The van der Waals surface area contributed by atoms with Crippen molar-refractivity contribution in [2.75, 3.05) is 0 Å². The van der Waals surface area contributed by atoms with Crippen LogP contribution in [0.2, 0.25) is 0 Å². The second-order valence-electron chi connectivity index (χ2n) is 6.39. The largest absolute Gasteiger partial charge is 0.484 e. The van der Waals surface area contributed by atoms with Gasteiger partial charge in [-0.3, -0.25) is 4.79 Å². The SMILES string of the molecule is C=C(C)[C@H]1CCC2=Cc3c(c4ccccc4[nH]c3=O)OC2C1. The van der Waals surface area contributed by atoms with Gasteiger partial charge in [-0.2, -0.15) is 0 Å². The van der Waals surface area contributed by atoms with Gasteiger partial charge in [0.2, 0.25) is 0 Å². The molecule has 1 unspecified atom stereocenters. The highest BCUT2D eigenvalue weighted by Gasteiger charge is 2.32. The molecular weight excluding hydrogens is 274 g/mol. The molecule has 1 aromatic heterocycles. The van der Waals surface area contributed by atoms with Crippen LogP contribution in [0.5, 0.6) is 5.75 Å². The quantitative estimate of drug-likeness (QED) is 0.806. The number of allylic oxidation sites excluding steroid dienone is 1. The number of rotatable bonds is 1. The minimum absolute atomic E-state index is 0.0679. The summed E-state index contributed by atoms with van der Waals surface area (Å²) < 4.78 is 6.28. The van der Waals surface area contributed by atoms with E-state index in [4.69, 9.17) is 4.74 Å². The van der Waals surface area contributed by atoms with E-state index in [9.17, 15) is 4.79 Å². The number of benzene rings is 1. The summed E-state index contributed by atoms with van der Waals surface area (Å²) in [5, 5.41) is 0.977. The van der Waals surface area contributed by atoms with Crippen LogP contribution in [-0.2, 0) is 0 Å². The predicted octanol–water partition coefficient (Wildman–Crippen LogP) is 4.05. The molecule has 1 aromatic carbocycles. The fraction of sp³-hybridized carbons (Fsp3) is 0.316. The van der Waals surface area contributed by atoms with Crippen LogP contribution in [0.3, 0.4) is 0 Å². The van der Waals surface area contributed by atoms with Crippen molar-refractivity contribution >= 4 is 17.0 Å². The summed E-state index contributed by atoms with van der Waals surface area (Å²) in [5.41, 5.74) is 3.89. The molecule has 1 N–H and O–H groups in total. The van der Waals surface area contributed by atoms with Crippen molar-refractivity contribution in [2.45, 2.75) is 32.3 Å². The van der Waals surface area contributed by atoms with Gasteiger partial charge in [-0.15, -0.1) is 0 Å². The molecule has 1 saturated carbocycles. The molecule has 0 spiro atoms. The van der Waals surface area contributed by atoms with Crippen LogP contribution in [0.15, 0.2) is 46.8 Å². The molecule has 1 fully saturated rings. The highest BCUT2D eigenvalue weighted by molar-refractivity contribution is 5.89. The van der Waals surface area contributed by atoms with E-state index >= 15 is 0 Å². The van der Waals surface area contributed by atoms with E-state index in [1.807, 2.05) is 30.3 Å². The molecule has 2 heterocycles. The molecule has 0 amide bonds. The molecule has 0 radical (unpaired) electrons. The van der Waals surface area contributed by atoms with Gasteiger partial charge < -0.3 is 9.72 Å². The maximum atomic E-state index is 12.3. The Morgan fingerprint density at radius 1 is 1.36 bits per heavy atom. The average molecular weight is 293 g/mol. The van der Waals surface area contributed by atoms with Crippen LogP contribution in [-0.4, -0.2) is 11.1 Å². The van der Waals surface area contributed by atoms with Gasteiger partial charge in [0.25, 0.3) is 5.56 Å². The van der Waals surface area contributed by atoms with Crippen LogP contribution in [0.25, 0.3) is 17.0 Å². The van der Waals surface area contributed by atoms with Crippen LogP contribution in [0, 0.1) is 5.92 Å². The number of pyridine rings is 1. The number of H-pyrrole nitrogens is 1. The summed E-state index contributed by atoms with van der Waals surface area (Å²) in [7, 11) is 0. The second-order valence-corrected chi connectivity index (χ2v) is 6.39. The third kappa shape index (κ3) is 2.00. The summed E-state index contributed by atoms with van der Waals surface area (Å²) in [6, 6.07) is 7.81. The molecule has 2 aromatic rings. The number of fused-ring (bicyclic) bond motifs is 4. The highest BCUT2D eigenvalue weighted by atomic mass is 16.5. The predicted molar refractivity (Wildman–Crippen MR) is 89.1 cm³/mol. The van der Waals surface area contributed by atoms with Crippen LogP contribution in [0.1, 0.15) is 31.7 Å². The van der Waals surface area contributed by atoms with Gasteiger partial charge in [0.1, 0.15) is 11.9 Å². The Labute approximate surface area is 129 Å². The lowest BCUT2D eigenvalue weighted by molar-refractivity contribution is 0.180. The first-order valence-electron chi connectivity index (χ1n) is 7.81. The van der Waals surface area contributed by atoms with E-state index in [1.54, 1.807) is 0 Å². The number of hydrogen-bond donors (Lipinski definition) is 1. The zero-order valence-electron chi connectivity index (χ0n) is 12.7. The molecule has 1 aliphatic heterocycles. The van der Waals surface area contributed by atoms with Gasteiger partial charge in [-0.05, 0) is 55.9 Å². The van der Waals surface area contributed by atoms with Crippen molar-refractivity contribution < 1.29 is 4.74 Å². The molecule has 2 atom stereocenters. The van der Waals surface area contributed by atoms with Gasteiger partial charge in [0.05, 0.1) is 11.1 Å². The van der Waals surface area contributed by atoms with E-state index in [-0.39, 0.29) is 11.7 Å². The molecule has 4 rings (SSSR count). The number of nitrogens with one attached hydrogen (secondary N) is 1.